The fourth-order valence-corrected chi connectivity index (χ4v) is 6.95. The van der Waals surface area contributed by atoms with Gasteiger partial charge in [-0.3, -0.25) is 0 Å². The molecule has 61 heavy (non-hydrogen) atoms. The molecule has 0 aromatic heterocycles. The SMILES string of the molecule is CCCOCCO.OCCOCCOc1ccc(/C(=C(/CCCl)c2ccccc2)c2ccccc2)cc1.Oc1ccc(/C(=C(/CCCl)c2ccccc2)c2ccccc2)cc1. The first-order chi connectivity index (χ1) is 30.0. The number of phenols is 1. The number of alkyl halides is 2. The Labute approximate surface area is 372 Å². The van der Waals surface area contributed by atoms with Gasteiger partial charge in [0, 0.05) is 18.4 Å². The van der Waals surface area contributed by atoms with Crippen LogP contribution in [0.1, 0.15) is 59.6 Å². The minimum atomic E-state index is 0.0232. The van der Waals surface area contributed by atoms with Crippen molar-refractivity contribution in [1.82, 2.24) is 0 Å². The molecule has 0 spiro atoms. The van der Waals surface area contributed by atoms with Gasteiger partial charge in [0.05, 0.1) is 33.0 Å². The molecule has 6 aromatic carbocycles. The average Bonchev–Trinajstić information content (AvgIpc) is 3.31. The first-order valence-electron chi connectivity index (χ1n) is 20.7. The fraction of sp³-hybridized carbons (Fsp3) is 0.245. The standard InChI is InChI=1S/C26H27ClO3.C22H19ClO.C5H12O2/c27-16-15-25(21-7-3-1-4-8-21)26(22-9-5-2-6-10-22)23-11-13-24(14-12-23)30-20-19-29-18-17-28;23-16-15-21(17-7-3-1-4-8-17)22(18-9-5-2-6-10-18)19-11-13-20(24)14-12-19;1-2-4-7-5-3-6/h1-14,28H,15-20H2;1-14,24H,15-16H2;6H,2-5H2,1H3/b26-25-;22-21-;. The van der Waals surface area contributed by atoms with Gasteiger partial charge in [-0.15, -0.1) is 23.2 Å². The van der Waals surface area contributed by atoms with E-state index in [0.29, 0.717) is 38.2 Å². The number of ether oxygens (including phenoxy) is 3. The highest BCUT2D eigenvalue weighted by molar-refractivity contribution is 6.19. The lowest BCUT2D eigenvalue weighted by atomic mass is 9.88. The zero-order valence-electron chi connectivity index (χ0n) is 35.0. The third-order valence-electron chi connectivity index (χ3n) is 9.28. The van der Waals surface area contributed by atoms with Gasteiger partial charge in [-0.25, -0.2) is 0 Å². The first-order valence-corrected chi connectivity index (χ1v) is 21.8. The van der Waals surface area contributed by atoms with Crippen molar-refractivity contribution in [3.63, 3.8) is 0 Å². The number of halogens is 2. The van der Waals surface area contributed by atoms with Crippen LogP contribution in [0.25, 0.3) is 22.3 Å². The molecule has 0 bridgehead atoms. The van der Waals surface area contributed by atoms with Crippen molar-refractivity contribution in [3.05, 3.63) is 203 Å². The summed E-state index contributed by atoms with van der Waals surface area (Å²) in [5.41, 5.74) is 11.6. The second kappa shape index (κ2) is 29.1. The Bertz CT molecular complexity index is 2100. The number of hydrogen-bond acceptors (Lipinski definition) is 6. The van der Waals surface area contributed by atoms with Crippen LogP contribution in [0.3, 0.4) is 0 Å². The average molecular weight is 862 g/mol. The summed E-state index contributed by atoms with van der Waals surface area (Å²) < 4.78 is 15.9. The Morgan fingerprint density at radius 2 is 0.787 bits per heavy atom. The van der Waals surface area contributed by atoms with Crippen LogP contribution in [0.15, 0.2) is 170 Å². The molecule has 0 fully saturated rings. The molecule has 0 heterocycles. The number of aliphatic hydroxyl groups is 2. The van der Waals surface area contributed by atoms with Crippen LogP contribution in [0.2, 0.25) is 0 Å². The quantitative estimate of drug-likeness (QED) is 0.0403. The van der Waals surface area contributed by atoms with Gasteiger partial charge < -0.3 is 29.5 Å². The molecule has 0 aliphatic carbocycles. The van der Waals surface area contributed by atoms with E-state index in [0.717, 1.165) is 59.4 Å². The zero-order valence-corrected chi connectivity index (χ0v) is 36.5. The van der Waals surface area contributed by atoms with Gasteiger partial charge in [-0.05, 0) is 99.2 Å². The normalized spacial score (nSPS) is 11.6. The molecule has 6 rings (SSSR count). The van der Waals surface area contributed by atoms with Gasteiger partial charge in [0.1, 0.15) is 18.1 Å². The van der Waals surface area contributed by atoms with Crippen LogP contribution in [-0.4, -0.2) is 73.3 Å². The summed E-state index contributed by atoms with van der Waals surface area (Å²) in [7, 11) is 0. The van der Waals surface area contributed by atoms with Crippen LogP contribution in [0, 0.1) is 0 Å². The molecule has 320 valence electrons. The number of hydrogen-bond donors (Lipinski definition) is 3. The van der Waals surface area contributed by atoms with Crippen molar-refractivity contribution in [2.75, 3.05) is 58.0 Å². The fourth-order valence-electron chi connectivity index (χ4n) is 6.58. The molecule has 6 nitrogen and oxygen atoms in total. The highest BCUT2D eigenvalue weighted by Crippen LogP contribution is 2.36. The molecule has 0 atom stereocenters. The van der Waals surface area contributed by atoms with E-state index in [1.165, 1.54) is 27.8 Å². The van der Waals surface area contributed by atoms with E-state index in [-0.39, 0.29) is 19.0 Å². The Morgan fingerprint density at radius 1 is 0.426 bits per heavy atom. The molecule has 0 radical (unpaired) electrons. The van der Waals surface area contributed by atoms with Crippen molar-refractivity contribution in [1.29, 1.82) is 0 Å². The maximum Gasteiger partial charge on any atom is 0.119 e. The lowest BCUT2D eigenvalue weighted by Gasteiger charge is -2.17. The maximum absolute atomic E-state index is 9.63. The van der Waals surface area contributed by atoms with E-state index in [1.807, 2.05) is 79.7 Å². The number of rotatable bonds is 20. The van der Waals surface area contributed by atoms with E-state index in [2.05, 4.69) is 84.9 Å². The van der Waals surface area contributed by atoms with Crippen LogP contribution in [0.5, 0.6) is 11.5 Å². The van der Waals surface area contributed by atoms with E-state index in [9.17, 15) is 5.11 Å². The molecule has 3 N–H and O–H groups in total. The molecule has 0 saturated carbocycles. The molecule has 0 aliphatic rings. The Morgan fingerprint density at radius 3 is 1.16 bits per heavy atom. The molecule has 0 unspecified atom stereocenters. The summed E-state index contributed by atoms with van der Waals surface area (Å²) in [4.78, 5) is 0. The summed E-state index contributed by atoms with van der Waals surface area (Å²) in [6.45, 7) is 4.67. The highest BCUT2D eigenvalue weighted by Gasteiger charge is 2.15. The molecular weight excluding hydrogens is 803 g/mol. The van der Waals surface area contributed by atoms with E-state index >= 15 is 0 Å². The van der Waals surface area contributed by atoms with E-state index < -0.39 is 0 Å². The largest absolute Gasteiger partial charge is 0.508 e. The van der Waals surface area contributed by atoms with Crippen molar-refractivity contribution >= 4 is 45.5 Å². The van der Waals surface area contributed by atoms with Gasteiger partial charge in [-0.1, -0.05) is 153 Å². The summed E-state index contributed by atoms with van der Waals surface area (Å²) >= 11 is 12.3. The molecule has 0 aliphatic heterocycles. The monoisotopic (exact) mass is 860 g/mol. The third kappa shape index (κ3) is 16.7. The number of allylic oxidation sites excluding steroid dienone is 2. The second-order valence-corrected chi connectivity index (χ2v) is 14.4. The van der Waals surface area contributed by atoms with Gasteiger partial charge in [0.25, 0.3) is 0 Å². The summed E-state index contributed by atoms with van der Waals surface area (Å²) in [6, 6.07) is 57.0. The van der Waals surface area contributed by atoms with Gasteiger partial charge in [-0.2, -0.15) is 0 Å². The van der Waals surface area contributed by atoms with Gasteiger partial charge in [0.15, 0.2) is 0 Å². The number of aliphatic hydroxyl groups excluding tert-OH is 2. The van der Waals surface area contributed by atoms with Gasteiger partial charge >= 0.3 is 0 Å². The molecule has 0 amide bonds. The number of phenolic OH excluding ortho intramolecular Hbond substituents is 1. The Kier molecular flexibility index (Phi) is 23.2. The predicted octanol–water partition coefficient (Wildman–Crippen LogP) is 12.0. The molecule has 8 heteroatoms. The van der Waals surface area contributed by atoms with Crippen molar-refractivity contribution < 1.29 is 29.5 Å². The Hall–Kier alpha value is -5.18. The molecule has 6 aromatic rings. The third-order valence-corrected chi connectivity index (χ3v) is 9.66. The summed E-state index contributed by atoms with van der Waals surface area (Å²) in [5, 5.41) is 26.5. The van der Waals surface area contributed by atoms with E-state index in [4.69, 9.17) is 47.6 Å². The highest BCUT2D eigenvalue weighted by atomic mass is 35.5. The number of benzene rings is 6. The lowest BCUT2D eigenvalue weighted by Crippen LogP contribution is -2.09. The lowest BCUT2D eigenvalue weighted by molar-refractivity contribution is 0.0705. The minimum absolute atomic E-state index is 0.0232. The maximum atomic E-state index is 9.63. The second-order valence-electron chi connectivity index (χ2n) is 13.6. The summed E-state index contributed by atoms with van der Waals surface area (Å²) in [5.74, 6) is 2.16. The minimum Gasteiger partial charge on any atom is -0.508 e. The van der Waals surface area contributed by atoms with Crippen LogP contribution in [-0.2, 0) is 9.47 Å². The number of aromatic hydroxyl groups is 1. The smallest absolute Gasteiger partial charge is 0.119 e. The molecular formula is C53H58Cl2O6. The van der Waals surface area contributed by atoms with Crippen LogP contribution >= 0.6 is 23.2 Å². The van der Waals surface area contributed by atoms with Crippen LogP contribution in [0.4, 0.5) is 0 Å². The van der Waals surface area contributed by atoms with Crippen LogP contribution < -0.4 is 4.74 Å². The van der Waals surface area contributed by atoms with Crippen molar-refractivity contribution in [2.45, 2.75) is 26.2 Å². The Balaban J connectivity index is 0.000000236. The van der Waals surface area contributed by atoms with E-state index in [1.54, 1.807) is 12.1 Å². The first kappa shape index (κ1) is 48.5. The van der Waals surface area contributed by atoms with Crippen molar-refractivity contribution in [3.8, 4) is 11.5 Å². The predicted molar refractivity (Wildman–Crippen MR) is 254 cm³/mol. The topological polar surface area (TPSA) is 88.4 Å². The summed E-state index contributed by atoms with van der Waals surface area (Å²) in [6.07, 6.45) is 2.58. The van der Waals surface area contributed by atoms with Gasteiger partial charge in [0.2, 0.25) is 0 Å². The van der Waals surface area contributed by atoms with Crippen molar-refractivity contribution in [2.24, 2.45) is 0 Å². The zero-order chi connectivity index (χ0) is 43.3. The molecule has 0 saturated heterocycles.